The van der Waals surface area contributed by atoms with Gasteiger partial charge in [0.1, 0.15) is 22.9 Å². The molecule has 0 saturated carbocycles. The monoisotopic (exact) mass is 555 g/mol. The SMILES string of the molecule is Cc1nc2c(F)cc(-c3nc(Nc4ccc([C@@H](C)C5CCN(CC(F)F)CC5)cn4)ncc3F)cc2n1C(C)C. The van der Waals surface area contributed by atoms with E-state index in [0.29, 0.717) is 36.2 Å². The number of pyridine rings is 1. The average Bonchev–Trinajstić information content (AvgIpc) is 3.26. The van der Waals surface area contributed by atoms with Crippen molar-refractivity contribution < 1.29 is 17.6 Å². The minimum Gasteiger partial charge on any atom is -0.326 e. The maximum absolute atomic E-state index is 15.0. The fraction of sp³-hybridized carbons (Fsp3) is 0.448. The molecule has 0 unspecified atom stereocenters. The van der Waals surface area contributed by atoms with Crippen LogP contribution in [0.5, 0.6) is 0 Å². The Hall–Kier alpha value is -3.60. The lowest BCUT2D eigenvalue weighted by molar-refractivity contribution is 0.0664. The van der Waals surface area contributed by atoms with Crippen molar-refractivity contribution in [1.82, 2.24) is 29.4 Å². The van der Waals surface area contributed by atoms with Gasteiger partial charge in [0.2, 0.25) is 5.95 Å². The predicted octanol–water partition coefficient (Wildman–Crippen LogP) is 6.88. The molecule has 40 heavy (non-hydrogen) atoms. The lowest BCUT2D eigenvalue weighted by atomic mass is 9.82. The first-order valence-electron chi connectivity index (χ1n) is 13.5. The summed E-state index contributed by atoms with van der Waals surface area (Å²) in [6.07, 6.45) is 2.26. The van der Waals surface area contributed by atoms with Crippen molar-refractivity contribution >= 4 is 22.8 Å². The Morgan fingerprint density at radius 1 is 0.975 bits per heavy atom. The molecule has 11 heteroatoms. The van der Waals surface area contributed by atoms with Gasteiger partial charge < -0.3 is 9.88 Å². The Morgan fingerprint density at radius 3 is 2.38 bits per heavy atom. The number of aryl methyl sites for hydroxylation is 1. The summed E-state index contributed by atoms with van der Waals surface area (Å²) in [5.41, 5.74) is 2.11. The van der Waals surface area contributed by atoms with E-state index >= 15 is 0 Å². The Bertz CT molecular complexity index is 1480. The van der Waals surface area contributed by atoms with Crippen molar-refractivity contribution in [3.63, 3.8) is 0 Å². The number of piperidine rings is 1. The Labute approximate surface area is 230 Å². The molecular weight excluding hydrogens is 522 g/mol. The number of hydrogen-bond donors (Lipinski definition) is 1. The number of hydrogen-bond acceptors (Lipinski definition) is 6. The molecule has 1 saturated heterocycles. The van der Waals surface area contributed by atoms with Crippen molar-refractivity contribution in [2.24, 2.45) is 5.92 Å². The van der Waals surface area contributed by atoms with E-state index in [4.69, 9.17) is 0 Å². The molecule has 1 aromatic carbocycles. The van der Waals surface area contributed by atoms with Gasteiger partial charge in [0.15, 0.2) is 11.6 Å². The minimum atomic E-state index is -2.30. The van der Waals surface area contributed by atoms with Gasteiger partial charge in [-0.1, -0.05) is 13.0 Å². The Morgan fingerprint density at radius 2 is 1.73 bits per heavy atom. The van der Waals surface area contributed by atoms with Crippen molar-refractivity contribution in [1.29, 1.82) is 0 Å². The van der Waals surface area contributed by atoms with E-state index in [-0.39, 0.29) is 41.2 Å². The first-order valence-corrected chi connectivity index (χ1v) is 13.5. The third kappa shape index (κ3) is 5.79. The van der Waals surface area contributed by atoms with Crippen LogP contribution in [0.25, 0.3) is 22.3 Å². The van der Waals surface area contributed by atoms with Crippen molar-refractivity contribution in [2.45, 2.75) is 58.9 Å². The molecule has 0 radical (unpaired) electrons. The highest BCUT2D eigenvalue weighted by molar-refractivity contribution is 5.83. The number of rotatable bonds is 8. The van der Waals surface area contributed by atoms with Gasteiger partial charge in [-0.15, -0.1) is 0 Å². The number of halogens is 4. The number of benzene rings is 1. The van der Waals surface area contributed by atoms with Crippen molar-refractivity contribution in [3.05, 3.63) is 59.7 Å². The first kappa shape index (κ1) is 27.9. The normalized spacial score (nSPS) is 15.8. The van der Waals surface area contributed by atoms with Crippen LogP contribution in [-0.2, 0) is 0 Å². The van der Waals surface area contributed by atoms with Crippen LogP contribution in [0.4, 0.5) is 29.3 Å². The van der Waals surface area contributed by atoms with Crippen LogP contribution in [0.1, 0.15) is 57.0 Å². The highest BCUT2D eigenvalue weighted by atomic mass is 19.3. The Balaban J connectivity index is 1.32. The molecule has 0 aliphatic carbocycles. The molecule has 4 aromatic rings. The zero-order chi connectivity index (χ0) is 28.6. The van der Waals surface area contributed by atoms with Gasteiger partial charge in [-0.2, -0.15) is 0 Å². The number of nitrogens with zero attached hydrogens (tertiary/aromatic N) is 6. The maximum Gasteiger partial charge on any atom is 0.251 e. The fourth-order valence-corrected chi connectivity index (χ4v) is 5.65. The summed E-state index contributed by atoms with van der Waals surface area (Å²) in [5, 5.41) is 3.01. The molecule has 212 valence electrons. The van der Waals surface area contributed by atoms with Crippen LogP contribution < -0.4 is 5.32 Å². The summed E-state index contributed by atoms with van der Waals surface area (Å²) in [6.45, 7) is 9.08. The highest BCUT2D eigenvalue weighted by Crippen LogP contribution is 2.33. The van der Waals surface area contributed by atoms with Crippen LogP contribution in [0.2, 0.25) is 0 Å². The van der Waals surface area contributed by atoms with E-state index in [1.807, 2.05) is 36.3 Å². The number of fused-ring (bicyclic) bond motifs is 1. The van der Waals surface area contributed by atoms with Crippen LogP contribution in [-0.4, -0.2) is 55.5 Å². The van der Waals surface area contributed by atoms with E-state index < -0.39 is 18.1 Å². The minimum absolute atomic E-state index is 0.0316. The quantitative estimate of drug-likeness (QED) is 0.239. The molecule has 0 spiro atoms. The molecule has 7 nitrogen and oxygen atoms in total. The zero-order valence-electron chi connectivity index (χ0n) is 23.0. The summed E-state index contributed by atoms with van der Waals surface area (Å²) in [4.78, 5) is 19.0. The van der Waals surface area contributed by atoms with Crippen molar-refractivity contribution in [3.8, 4) is 11.3 Å². The van der Waals surface area contributed by atoms with E-state index in [0.717, 1.165) is 24.6 Å². The van der Waals surface area contributed by atoms with Crippen LogP contribution in [0.15, 0.2) is 36.7 Å². The molecule has 0 amide bonds. The third-order valence-electron chi connectivity index (χ3n) is 7.75. The number of likely N-dealkylation sites (tertiary alicyclic amines) is 1. The van der Waals surface area contributed by atoms with Gasteiger partial charge in [0.05, 0.1) is 18.3 Å². The molecule has 4 heterocycles. The van der Waals surface area contributed by atoms with Gasteiger partial charge in [0, 0.05) is 17.8 Å². The molecule has 1 N–H and O–H groups in total. The van der Waals surface area contributed by atoms with Crippen LogP contribution in [0.3, 0.4) is 0 Å². The molecule has 3 aromatic heterocycles. The van der Waals surface area contributed by atoms with Gasteiger partial charge >= 0.3 is 0 Å². The molecule has 1 fully saturated rings. The summed E-state index contributed by atoms with van der Waals surface area (Å²) in [7, 11) is 0. The van der Waals surface area contributed by atoms with E-state index in [1.165, 1.54) is 6.07 Å². The zero-order valence-corrected chi connectivity index (χ0v) is 23.0. The van der Waals surface area contributed by atoms with Gasteiger partial charge in [-0.3, -0.25) is 4.90 Å². The summed E-state index contributed by atoms with van der Waals surface area (Å²) >= 11 is 0. The number of imidazole rings is 1. The third-order valence-corrected chi connectivity index (χ3v) is 7.75. The topological polar surface area (TPSA) is 71.8 Å². The summed E-state index contributed by atoms with van der Waals surface area (Å²) in [5.74, 6) is 0.692. The number of nitrogens with one attached hydrogen (secondary N) is 1. The number of alkyl halides is 2. The van der Waals surface area contributed by atoms with Gasteiger partial charge in [0.25, 0.3) is 6.43 Å². The second-order valence-electron chi connectivity index (χ2n) is 10.8. The maximum atomic E-state index is 15.0. The first-order chi connectivity index (χ1) is 19.1. The second kappa shape index (κ2) is 11.5. The van der Waals surface area contributed by atoms with Crippen LogP contribution in [0, 0.1) is 24.5 Å². The molecular formula is C29H33F4N7. The average molecular weight is 556 g/mol. The molecule has 1 aliphatic heterocycles. The molecule has 0 bridgehead atoms. The van der Waals surface area contributed by atoms with Crippen LogP contribution >= 0.6 is 0 Å². The van der Waals surface area contributed by atoms with Crippen molar-refractivity contribution in [2.75, 3.05) is 25.0 Å². The lowest BCUT2D eigenvalue weighted by Gasteiger charge is -2.34. The second-order valence-corrected chi connectivity index (χ2v) is 10.8. The van der Waals surface area contributed by atoms with E-state index in [1.54, 1.807) is 18.3 Å². The molecule has 1 atom stereocenters. The molecule has 5 rings (SSSR count). The van der Waals surface area contributed by atoms with E-state index in [2.05, 4.69) is 32.2 Å². The highest BCUT2D eigenvalue weighted by Gasteiger charge is 2.26. The largest absolute Gasteiger partial charge is 0.326 e. The smallest absolute Gasteiger partial charge is 0.251 e. The van der Waals surface area contributed by atoms with Gasteiger partial charge in [-0.25, -0.2) is 37.5 Å². The number of aromatic nitrogens is 5. The standard InChI is InChI=1S/C29H33F4N7/c1-16(2)40-18(4)36-28-22(30)11-21(12-24(28)40)27-23(31)14-35-29(38-27)37-26-6-5-20(13-34-26)17(3)19-7-9-39(10-8-19)15-25(32)33/h5-6,11-14,16-17,19,25H,7-10,15H2,1-4H3,(H,34,35,37,38)/t17-/m0/s1. The predicted molar refractivity (Wildman–Crippen MR) is 147 cm³/mol. The fourth-order valence-electron chi connectivity index (χ4n) is 5.65. The number of anilines is 2. The summed E-state index contributed by atoms with van der Waals surface area (Å²) in [6, 6.07) is 6.75. The van der Waals surface area contributed by atoms with E-state index in [9.17, 15) is 17.6 Å². The van der Waals surface area contributed by atoms with Gasteiger partial charge in [-0.05, 0) is 82.3 Å². The summed E-state index contributed by atoms with van der Waals surface area (Å²) < 4.78 is 57.1. The Kier molecular flexibility index (Phi) is 8.02. The lowest BCUT2D eigenvalue weighted by Crippen LogP contribution is -2.38. The molecule has 1 aliphatic rings.